The second-order valence-corrected chi connectivity index (χ2v) is 6.86. The second kappa shape index (κ2) is 8.27. The van der Waals surface area contributed by atoms with Crippen molar-refractivity contribution >= 4 is 33.9 Å². The van der Waals surface area contributed by atoms with Crippen molar-refractivity contribution in [2.24, 2.45) is 0 Å². The van der Waals surface area contributed by atoms with Crippen LogP contribution < -0.4 is 0 Å². The first-order chi connectivity index (χ1) is 12.5. The zero-order chi connectivity index (χ0) is 18.5. The molecule has 0 aromatic heterocycles. The summed E-state index contributed by atoms with van der Waals surface area (Å²) in [7, 11) is 0. The zero-order valence-corrected chi connectivity index (χ0v) is 15.5. The Morgan fingerprint density at radius 1 is 1.19 bits per heavy atom. The molecule has 0 atom stereocenters. The lowest BCUT2D eigenvalue weighted by Crippen LogP contribution is -2.38. The summed E-state index contributed by atoms with van der Waals surface area (Å²) in [6, 6.07) is 12.4. The largest absolute Gasteiger partial charge is 0.452 e. The third-order valence-corrected chi connectivity index (χ3v) is 4.67. The minimum atomic E-state index is -0.685. The lowest BCUT2D eigenvalue weighted by molar-refractivity contribution is -0.148. The molecule has 1 aliphatic rings. The molecule has 0 spiro atoms. The first-order valence-corrected chi connectivity index (χ1v) is 8.96. The van der Waals surface area contributed by atoms with Crippen molar-refractivity contribution in [1.29, 1.82) is 0 Å². The van der Waals surface area contributed by atoms with Crippen LogP contribution in [0.2, 0.25) is 0 Å². The fourth-order valence-corrected chi connectivity index (χ4v) is 3.16. The van der Waals surface area contributed by atoms with Crippen LogP contribution in [-0.2, 0) is 27.3 Å². The number of esters is 1. The number of rotatable bonds is 4. The van der Waals surface area contributed by atoms with Gasteiger partial charge < -0.3 is 9.64 Å². The van der Waals surface area contributed by atoms with E-state index < -0.39 is 11.8 Å². The van der Waals surface area contributed by atoms with Crippen LogP contribution in [0.15, 0.2) is 53.0 Å². The first kappa shape index (κ1) is 18.3. The average Bonchev–Trinajstić information content (AvgIpc) is 2.66. The molecule has 134 valence electrons. The average molecular weight is 418 g/mol. The second-order valence-electron chi connectivity index (χ2n) is 5.94. The summed E-state index contributed by atoms with van der Waals surface area (Å²) in [5.41, 5.74) is 2.62. The molecular weight excluding hydrogens is 401 g/mol. The minimum Gasteiger partial charge on any atom is -0.452 e. The number of nitrogens with zero attached hydrogens (tertiary/aromatic N) is 1. The molecule has 0 radical (unpaired) electrons. The van der Waals surface area contributed by atoms with E-state index in [1.54, 1.807) is 17.0 Å². The van der Waals surface area contributed by atoms with Crippen LogP contribution in [0.4, 0.5) is 4.39 Å². The summed E-state index contributed by atoms with van der Waals surface area (Å²) in [5, 5.41) is 0. The highest BCUT2D eigenvalue weighted by Gasteiger charge is 2.20. The van der Waals surface area contributed by atoms with Gasteiger partial charge >= 0.3 is 5.97 Å². The number of fused-ring (bicyclic) bond motifs is 1. The van der Waals surface area contributed by atoms with Crippen molar-refractivity contribution in [2.75, 3.05) is 13.2 Å². The summed E-state index contributed by atoms with van der Waals surface area (Å²) in [4.78, 5) is 25.7. The van der Waals surface area contributed by atoms with Crippen LogP contribution in [0.5, 0.6) is 0 Å². The predicted molar refractivity (Wildman–Crippen MR) is 99.7 cm³/mol. The molecule has 0 fully saturated rings. The molecule has 0 N–H and O–H groups in total. The number of halogens is 2. The molecule has 3 rings (SSSR count). The van der Waals surface area contributed by atoms with Gasteiger partial charge in [0.2, 0.25) is 0 Å². The van der Waals surface area contributed by atoms with Gasteiger partial charge in [-0.05, 0) is 41.8 Å². The molecule has 0 unspecified atom stereocenters. The van der Waals surface area contributed by atoms with E-state index in [1.165, 1.54) is 17.7 Å². The monoisotopic (exact) mass is 417 g/mol. The van der Waals surface area contributed by atoms with Crippen LogP contribution in [0.3, 0.4) is 0 Å². The van der Waals surface area contributed by atoms with Crippen molar-refractivity contribution < 1.29 is 18.7 Å². The quantitative estimate of drug-likeness (QED) is 0.562. The molecule has 0 saturated carbocycles. The van der Waals surface area contributed by atoms with E-state index in [0.717, 1.165) is 18.1 Å². The number of amides is 1. The van der Waals surface area contributed by atoms with E-state index in [0.29, 0.717) is 17.6 Å². The van der Waals surface area contributed by atoms with E-state index >= 15 is 0 Å². The Morgan fingerprint density at radius 3 is 2.77 bits per heavy atom. The molecule has 0 bridgehead atoms. The normalized spacial score (nSPS) is 13.5. The van der Waals surface area contributed by atoms with Gasteiger partial charge in [-0.25, -0.2) is 9.18 Å². The number of carbonyl (C=O) groups is 2. The molecule has 0 aliphatic carbocycles. The van der Waals surface area contributed by atoms with Crippen molar-refractivity contribution in [2.45, 2.75) is 13.0 Å². The SMILES string of the molecule is O=C(C=Cc1cc(Br)ccc1F)OCC(=O)N1CCc2ccccc2C1. The maximum Gasteiger partial charge on any atom is 0.331 e. The predicted octanol–water partition coefficient (Wildman–Crippen LogP) is 3.73. The number of ether oxygens (including phenoxy) is 1. The van der Waals surface area contributed by atoms with Gasteiger partial charge in [0.15, 0.2) is 6.61 Å². The lowest BCUT2D eigenvalue weighted by Gasteiger charge is -2.28. The van der Waals surface area contributed by atoms with Gasteiger partial charge in [-0.3, -0.25) is 4.79 Å². The summed E-state index contributed by atoms with van der Waals surface area (Å²) in [6.07, 6.45) is 3.23. The van der Waals surface area contributed by atoms with Gasteiger partial charge in [0.05, 0.1) is 0 Å². The van der Waals surface area contributed by atoms with E-state index in [2.05, 4.69) is 22.0 Å². The van der Waals surface area contributed by atoms with Crippen molar-refractivity contribution in [3.8, 4) is 0 Å². The molecule has 2 aromatic rings. The molecule has 6 heteroatoms. The Morgan fingerprint density at radius 2 is 1.96 bits per heavy atom. The fourth-order valence-electron chi connectivity index (χ4n) is 2.78. The van der Waals surface area contributed by atoms with Crippen LogP contribution in [0.1, 0.15) is 16.7 Å². The minimum absolute atomic E-state index is 0.241. The third kappa shape index (κ3) is 4.58. The zero-order valence-electron chi connectivity index (χ0n) is 14.0. The standard InChI is InChI=1S/C20H17BrFNO3/c21-17-6-7-18(22)15(11-17)5-8-20(25)26-13-19(24)23-10-9-14-3-1-2-4-16(14)12-23/h1-8,11H,9-10,12-13H2. The fraction of sp³-hybridized carbons (Fsp3) is 0.200. The van der Waals surface area contributed by atoms with Crippen molar-refractivity contribution in [3.05, 3.63) is 75.5 Å². The Hall–Kier alpha value is -2.47. The number of benzene rings is 2. The van der Waals surface area contributed by atoms with Crippen LogP contribution in [-0.4, -0.2) is 29.9 Å². The Balaban J connectivity index is 1.52. The van der Waals surface area contributed by atoms with E-state index in [1.807, 2.05) is 18.2 Å². The van der Waals surface area contributed by atoms with Crippen LogP contribution in [0, 0.1) is 5.82 Å². The van der Waals surface area contributed by atoms with Crippen LogP contribution in [0.25, 0.3) is 6.08 Å². The van der Waals surface area contributed by atoms with Gasteiger partial charge in [-0.1, -0.05) is 40.2 Å². The van der Waals surface area contributed by atoms with Crippen LogP contribution >= 0.6 is 15.9 Å². The number of carbonyl (C=O) groups excluding carboxylic acids is 2. The third-order valence-electron chi connectivity index (χ3n) is 4.18. The molecular formula is C20H17BrFNO3. The van der Waals surface area contributed by atoms with Crippen molar-refractivity contribution in [1.82, 2.24) is 4.90 Å². The van der Waals surface area contributed by atoms with Gasteiger partial charge in [0, 0.05) is 29.2 Å². The summed E-state index contributed by atoms with van der Waals surface area (Å²) in [6.45, 7) is 0.796. The molecule has 4 nitrogen and oxygen atoms in total. The highest BCUT2D eigenvalue weighted by atomic mass is 79.9. The lowest BCUT2D eigenvalue weighted by atomic mass is 10.00. The van der Waals surface area contributed by atoms with Gasteiger partial charge in [-0.15, -0.1) is 0 Å². The molecule has 1 heterocycles. The van der Waals surface area contributed by atoms with E-state index in [-0.39, 0.29) is 18.1 Å². The summed E-state index contributed by atoms with van der Waals surface area (Å²) >= 11 is 3.24. The molecule has 26 heavy (non-hydrogen) atoms. The maximum absolute atomic E-state index is 13.6. The van der Waals surface area contributed by atoms with Gasteiger partial charge in [0.25, 0.3) is 5.91 Å². The summed E-state index contributed by atoms with van der Waals surface area (Å²) in [5.74, 6) is -1.37. The first-order valence-electron chi connectivity index (χ1n) is 8.17. The summed E-state index contributed by atoms with van der Waals surface area (Å²) < 4.78 is 19.3. The smallest absolute Gasteiger partial charge is 0.331 e. The molecule has 1 amide bonds. The molecule has 2 aromatic carbocycles. The van der Waals surface area contributed by atoms with Gasteiger partial charge in [0.1, 0.15) is 5.82 Å². The maximum atomic E-state index is 13.6. The highest BCUT2D eigenvalue weighted by Crippen LogP contribution is 2.19. The number of hydrogen-bond donors (Lipinski definition) is 0. The Bertz CT molecular complexity index is 866. The van der Waals surface area contributed by atoms with Crippen molar-refractivity contribution in [3.63, 3.8) is 0 Å². The molecule has 0 saturated heterocycles. The topological polar surface area (TPSA) is 46.6 Å². The van der Waals surface area contributed by atoms with E-state index in [4.69, 9.17) is 4.74 Å². The number of hydrogen-bond acceptors (Lipinski definition) is 3. The Kier molecular flexibility index (Phi) is 5.83. The highest BCUT2D eigenvalue weighted by molar-refractivity contribution is 9.10. The Labute approximate surface area is 159 Å². The van der Waals surface area contributed by atoms with E-state index in [9.17, 15) is 14.0 Å². The van der Waals surface area contributed by atoms with Gasteiger partial charge in [-0.2, -0.15) is 0 Å². The molecule has 1 aliphatic heterocycles.